The van der Waals surface area contributed by atoms with E-state index in [1.807, 2.05) is 32.3 Å². The van der Waals surface area contributed by atoms with Gasteiger partial charge in [-0.15, -0.1) is 0 Å². The number of fused-ring (bicyclic) bond motifs is 1. The Hall–Kier alpha value is -2.73. The molecule has 132 valence electrons. The number of benzene rings is 2. The molecule has 0 radical (unpaired) electrons. The Kier molecular flexibility index (Phi) is 5.40. The lowest BCUT2D eigenvalue weighted by atomic mass is 10.1. The molecule has 2 amide bonds. The van der Waals surface area contributed by atoms with Crippen molar-refractivity contribution in [2.75, 3.05) is 39.2 Å². The maximum absolute atomic E-state index is 12.2. The van der Waals surface area contributed by atoms with Crippen molar-refractivity contribution in [3.8, 4) is 11.5 Å². The number of carbonyl (C=O) groups excluding carboxylic acids is 1. The number of hydrogen-bond acceptors (Lipinski definition) is 4. The molecule has 0 bridgehead atoms. The fraction of sp³-hybridized carbons (Fsp3) is 0.316. The summed E-state index contributed by atoms with van der Waals surface area (Å²) in [5, 5.41) is 5.76. The van der Waals surface area contributed by atoms with E-state index < -0.39 is 0 Å². The predicted molar refractivity (Wildman–Crippen MR) is 97.3 cm³/mol. The molecule has 0 saturated carbocycles. The SMILES string of the molecule is CN(C)C(CNC(=O)Nc1ccc2c(c1)OCCO2)c1ccccc1. The maximum atomic E-state index is 12.2. The van der Waals surface area contributed by atoms with Crippen molar-refractivity contribution in [3.05, 3.63) is 54.1 Å². The molecule has 3 rings (SSSR count). The zero-order chi connectivity index (χ0) is 17.6. The third-order valence-corrected chi connectivity index (χ3v) is 4.06. The van der Waals surface area contributed by atoms with E-state index >= 15 is 0 Å². The minimum atomic E-state index is -0.251. The highest BCUT2D eigenvalue weighted by atomic mass is 16.6. The van der Waals surface area contributed by atoms with E-state index in [1.54, 1.807) is 18.2 Å². The van der Waals surface area contributed by atoms with Gasteiger partial charge in [0.2, 0.25) is 0 Å². The van der Waals surface area contributed by atoms with Crippen molar-refractivity contribution in [1.29, 1.82) is 0 Å². The summed E-state index contributed by atoms with van der Waals surface area (Å²) in [6.07, 6.45) is 0. The molecule has 1 atom stereocenters. The molecule has 6 heteroatoms. The molecule has 0 fully saturated rings. The highest BCUT2D eigenvalue weighted by Crippen LogP contribution is 2.32. The molecular weight excluding hydrogens is 318 g/mol. The molecule has 0 saturated heterocycles. The molecule has 0 aromatic heterocycles. The van der Waals surface area contributed by atoms with Crippen LogP contribution in [0.15, 0.2) is 48.5 Å². The van der Waals surface area contributed by atoms with E-state index in [0.29, 0.717) is 36.9 Å². The van der Waals surface area contributed by atoms with Crippen molar-refractivity contribution in [2.24, 2.45) is 0 Å². The van der Waals surface area contributed by atoms with Crippen LogP contribution >= 0.6 is 0 Å². The molecule has 2 aromatic carbocycles. The first kappa shape index (κ1) is 17.1. The molecule has 0 spiro atoms. The number of anilines is 1. The number of urea groups is 1. The van der Waals surface area contributed by atoms with Crippen molar-refractivity contribution >= 4 is 11.7 Å². The number of ether oxygens (including phenoxy) is 2. The van der Waals surface area contributed by atoms with Crippen LogP contribution in [0, 0.1) is 0 Å². The largest absolute Gasteiger partial charge is 0.486 e. The third kappa shape index (κ3) is 4.42. The van der Waals surface area contributed by atoms with Crippen molar-refractivity contribution < 1.29 is 14.3 Å². The van der Waals surface area contributed by atoms with Crippen molar-refractivity contribution in [2.45, 2.75) is 6.04 Å². The lowest BCUT2D eigenvalue weighted by Crippen LogP contribution is -2.36. The Labute approximate surface area is 147 Å². The van der Waals surface area contributed by atoms with Crippen molar-refractivity contribution in [3.63, 3.8) is 0 Å². The second-order valence-corrected chi connectivity index (χ2v) is 6.08. The third-order valence-electron chi connectivity index (χ3n) is 4.06. The molecule has 2 aromatic rings. The fourth-order valence-electron chi connectivity index (χ4n) is 2.76. The molecule has 1 heterocycles. The predicted octanol–water partition coefficient (Wildman–Crippen LogP) is 2.88. The van der Waals surface area contributed by atoms with Crippen molar-refractivity contribution in [1.82, 2.24) is 10.2 Å². The summed E-state index contributed by atoms with van der Waals surface area (Å²) in [4.78, 5) is 14.3. The smallest absolute Gasteiger partial charge is 0.319 e. The Morgan fingerprint density at radius 3 is 2.52 bits per heavy atom. The Balaban J connectivity index is 1.58. The zero-order valence-electron chi connectivity index (χ0n) is 14.5. The average molecular weight is 341 g/mol. The van der Waals surface area contributed by atoms with Gasteiger partial charge in [0.05, 0.1) is 6.04 Å². The van der Waals surface area contributed by atoms with Gasteiger partial charge in [-0.1, -0.05) is 30.3 Å². The summed E-state index contributed by atoms with van der Waals surface area (Å²) < 4.78 is 11.0. The average Bonchev–Trinajstić information content (AvgIpc) is 2.62. The molecule has 1 unspecified atom stereocenters. The van der Waals surface area contributed by atoms with Gasteiger partial charge in [-0.25, -0.2) is 4.79 Å². The summed E-state index contributed by atoms with van der Waals surface area (Å²) in [5.74, 6) is 1.36. The number of hydrogen-bond donors (Lipinski definition) is 2. The molecule has 6 nitrogen and oxygen atoms in total. The number of nitrogens with one attached hydrogen (secondary N) is 2. The summed E-state index contributed by atoms with van der Waals surface area (Å²) in [6, 6.07) is 15.3. The van der Waals surface area contributed by atoms with Crippen LogP contribution in [-0.2, 0) is 0 Å². The number of likely N-dealkylation sites (N-methyl/N-ethyl adjacent to an activating group) is 1. The molecule has 1 aliphatic rings. The van der Waals surface area contributed by atoms with Gasteiger partial charge in [-0.3, -0.25) is 0 Å². The monoisotopic (exact) mass is 341 g/mol. The number of nitrogens with zero attached hydrogens (tertiary/aromatic N) is 1. The Morgan fingerprint density at radius 1 is 1.08 bits per heavy atom. The lowest BCUT2D eigenvalue weighted by Gasteiger charge is -2.25. The highest BCUT2D eigenvalue weighted by Gasteiger charge is 2.16. The number of amides is 2. The Bertz CT molecular complexity index is 719. The highest BCUT2D eigenvalue weighted by molar-refractivity contribution is 5.89. The van der Waals surface area contributed by atoms with Crippen LogP contribution < -0.4 is 20.1 Å². The molecule has 2 N–H and O–H groups in total. The molecule has 0 aliphatic carbocycles. The summed E-state index contributed by atoms with van der Waals surface area (Å²) >= 11 is 0. The first-order valence-corrected chi connectivity index (χ1v) is 8.29. The van der Waals surface area contributed by atoms with Gasteiger partial charge in [0.1, 0.15) is 13.2 Å². The first-order valence-electron chi connectivity index (χ1n) is 8.29. The van der Waals surface area contributed by atoms with Gasteiger partial charge in [0.15, 0.2) is 11.5 Å². The van der Waals surface area contributed by atoms with Gasteiger partial charge in [-0.2, -0.15) is 0 Å². The number of rotatable bonds is 5. The van der Waals surface area contributed by atoms with Gasteiger partial charge < -0.3 is 25.0 Å². The van der Waals surface area contributed by atoms with Crippen LogP contribution in [0.4, 0.5) is 10.5 Å². The lowest BCUT2D eigenvalue weighted by molar-refractivity contribution is 0.171. The Morgan fingerprint density at radius 2 is 1.80 bits per heavy atom. The minimum Gasteiger partial charge on any atom is -0.486 e. The van der Waals surface area contributed by atoms with E-state index in [2.05, 4.69) is 27.7 Å². The first-order chi connectivity index (χ1) is 12.1. The normalized spacial score (nSPS) is 14.0. The fourth-order valence-corrected chi connectivity index (χ4v) is 2.76. The zero-order valence-corrected chi connectivity index (χ0v) is 14.5. The number of carbonyl (C=O) groups is 1. The minimum absolute atomic E-state index is 0.104. The molecule has 1 aliphatic heterocycles. The quantitative estimate of drug-likeness (QED) is 0.878. The van der Waals surface area contributed by atoms with E-state index in [4.69, 9.17) is 9.47 Å². The summed E-state index contributed by atoms with van der Waals surface area (Å²) in [6.45, 7) is 1.57. The second-order valence-electron chi connectivity index (χ2n) is 6.08. The van der Waals surface area contributed by atoms with Crippen LogP contribution in [-0.4, -0.2) is 44.8 Å². The van der Waals surface area contributed by atoms with Crippen LogP contribution in [0.5, 0.6) is 11.5 Å². The summed E-state index contributed by atoms with van der Waals surface area (Å²) in [5.41, 5.74) is 1.83. The van der Waals surface area contributed by atoms with Gasteiger partial charge in [0.25, 0.3) is 0 Å². The van der Waals surface area contributed by atoms with Gasteiger partial charge >= 0.3 is 6.03 Å². The standard InChI is InChI=1S/C19H23N3O3/c1-22(2)16(14-6-4-3-5-7-14)13-20-19(23)21-15-8-9-17-18(12-15)25-11-10-24-17/h3-9,12,16H,10-11,13H2,1-2H3,(H2,20,21,23). The van der Waals surface area contributed by atoms with Gasteiger partial charge in [-0.05, 0) is 31.8 Å². The molecular formula is C19H23N3O3. The summed E-state index contributed by atoms with van der Waals surface area (Å²) in [7, 11) is 4.00. The van der Waals surface area contributed by atoms with Crippen LogP contribution in [0.3, 0.4) is 0 Å². The van der Waals surface area contributed by atoms with Crippen LogP contribution in [0.25, 0.3) is 0 Å². The van der Waals surface area contributed by atoms with E-state index in [-0.39, 0.29) is 12.1 Å². The van der Waals surface area contributed by atoms with E-state index in [9.17, 15) is 4.79 Å². The second kappa shape index (κ2) is 7.90. The van der Waals surface area contributed by atoms with E-state index in [1.165, 1.54) is 0 Å². The topological polar surface area (TPSA) is 62.8 Å². The van der Waals surface area contributed by atoms with Gasteiger partial charge in [0, 0.05) is 18.3 Å². The maximum Gasteiger partial charge on any atom is 0.319 e. The van der Waals surface area contributed by atoms with E-state index in [0.717, 1.165) is 5.56 Å². The van der Waals surface area contributed by atoms with Crippen LogP contribution in [0.2, 0.25) is 0 Å². The van der Waals surface area contributed by atoms with Crippen LogP contribution in [0.1, 0.15) is 11.6 Å². The molecule has 25 heavy (non-hydrogen) atoms.